The van der Waals surface area contributed by atoms with Gasteiger partial charge < -0.3 is 5.32 Å². The first-order chi connectivity index (χ1) is 9.38. The minimum atomic E-state index is 0.492. The molecule has 0 radical (unpaired) electrons. The summed E-state index contributed by atoms with van der Waals surface area (Å²) in [5, 5.41) is 13.9. The SMILES string of the molecule is N#Cc1cnc2ccccc2c1NC1CCCCC1. The average molecular weight is 251 g/mol. The summed E-state index contributed by atoms with van der Waals surface area (Å²) >= 11 is 0. The van der Waals surface area contributed by atoms with Crippen LogP contribution in [0.4, 0.5) is 5.69 Å². The van der Waals surface area contributed by atoms with Crippen molar-refractivity contribution in [2.75, 3.05) is 5.32 Å². The van der Waals surface area contributed by atoms with Gasteiger partial charge in [0.1, 0.15) is 6.07 Å². The van der Waals surface area contributed by atoms with Crippen molar-refractivity contribution in [2.45, 2.75) is 38.1 Å². The molecule has 3 rings (SSSR count). The van der Waals surface area contributed by atoms with Gasteiger partial charge >= 0.3 is 0 Å². The van der Waals surface area contributed by atoms with E-state index in [4.69, 9.17) is 0 Å². The first kappa shape index (κ1) is 12.0. The first-order valence-electron chi connectivity index (χ1n) is 6.93. The van der Waals surface area contributed by atoms with Crippen LogP contribution in [0.2, 0.25) is 0 Å². The van der Waals surface area contributed by atoms with E-state index in [-0.39, 0.29) is 0 Å². The molecule has 0 saturated heterocycles. The molecule has 1 aliphatic rings. The van der Waals surface area contributed by atoms with Crippen molar-refractivity contribution < 1.29 is 0 Å². The van der Waals surface area contributed by atoms with Crippen LogP contribution in [0, 0.1) is 11.3 Å². The maximum absolute atomic E-state index is 9.28. The Morgan fingerprint density at radius 1 is 1.16 bits per heavy atom. The highest BCUT2D eigenvalue weighted by molar-refractivity contribution is 5.93. The molecule has 3 heteroatoms. The van der Waals surface area contributed by atoms with Crippen LogP contribution in [-0.4, -0.2) is 11.0 Å². The molecule has 96 valence electrons. The molecule has 0 bridgehead atoms. The van der Waals surface area contributed by atoms with Gasteiger partial charge in [0.2, 0.25) is 0 Å². The number of hydrogen-bond acceptors (Lipinski definition) is 3. The van der Waals surface area contributed by atoms with Crippen LogP contribution in [0.15, 0.2) is 30.5 Å². The van der Waals surface area contributed by atoms with Crippen molar-refractivity contribution in [1.29, 1.82) is 5.26 Å². The summed E-state index contributed by atoms with van der Waals surface area (Å²) < 4.78 is 0. The number of anilines is 1. The van der Waals surface area contributed by atoms with Gasteiger partial charge in [-0.3, -0.25) is 4.98 Å². The summed E-state index contributed by atoms with van der Waals surface area (Å²) in [4.78, 5) is 4.34. The molecule has 2 aromatic rings. The van der Waals surface area contributed by atoms with Gasteiger partial charge in [-0.2, -0.15) is 5.26 Å². The molecule has 0 spiro atoms. The maximum Gasteiger partial charge on any atom is 0.103 e. The van der Waals surface area contributed by atoms with Gasteiger partial charge in [-0.15, -0.1) is 0 Å². The van der Waals surface area contributed by atoms with Gasteiger partial charge in [0.15, 0.2) is 0 Å². The number of pyridine rings is 1. The molecule has 0 unspecified atom stereocenters. The maximum atomic E-state index is 9.28. The summed E-state index contributed by atoms with van der Waals surface area (Å²) in [6.07, 6.45) is 7.96. The van der Waals surface area contributed by atoms with E-state index in [1.54, 1.807) is 6.20 Å². The number of nitrogens with zero attached hydrogens (tertiary/aromatic N) is 2. The summed E-state index contributed by atoms with van der Waals surface area (Å²) in [6, 6.07) is 10.7. The summed E-state index contributed by atoms with van der Waals surface area (Å²) in [5.74, 6) is 0. The highest BCUT2D eigenvalue weighted by Gasteiger charge is 2.16. The molecule has 0 aliphatic heterocycles. The topological polar surface area (TPSA) is 48.7 Å². The lowest BCUT2D eigenvalue weighted by molar-refractivity contribution is 0.463. The predicted molar refractivity (Wildman–Crippen MR) is 77.0 cm³/mol. The Morgan fingerprint density at radius 2 is 1.95 bits per heavy atom. The average Bonchev–Trinajstić information content (AvgIpc) is 2.49. The highest BCUT2D eigenvalue weighted by Crippen LogP contribution is 2.29. The molecule has 1 heterocycles. The van der Waals surface area contributed by atoms with E-state index in [1.807, 2.05) is 24.3 Å². The van der Waals surface area contributed by atoms with Gasteiger partial charge in [0.05, 0.1) is 16.8 Å². The quantitative estimate of drug-likeness (QED) is 0.881. The van der Waals surface area contributed by atoms with E-state index in [0.717, 1.165) is 16.6 Å². The molecule has 3 nitrogen and oxygen atoms in total. The number of para-hydroxylation sites is 1. The standard InChI is InChI=1S/C16H17N3/c17-10-12-11-18-15-9-5-4-8-14(15)16(12)19-13-6-2-1-3-7-13/h4-5,8-9,11,13H,1-3,6-7H2,(H,18,19). The number of rotatable bonds is 2. The molecule has 1 fully saturated rings. The van der Waals surface area contributed by atoms with Crippen molar-refractivity contribution in [1.82, 2.24) is 4.98 Å². The van der Waals surface area contributed by atoms with Crippen molar-refractivity contribution in [3.8, 4) is 6.07 Å². The van der Waals surface area contributed by atoms with Crippen LogP contribution in [-0.2, 0) is 0 Å². The van der Waals surface area contributed by atoms with E-state index in [2.05, 4.69) is 16.4 Å². The highest BCUT2D eigenvalue weighted by atomic mass is 14.9. The Labute approximate surface area is 113 Å². The monoisotopic (exact) mass is 251 g/mol. The van der Waals surface area contributed by atoms with E-state index >= 15 is 0 Å². The fraction of sp³-hybridized carbons (Fsp3) is 0.375. The second-order valence-electron chi connectivity index (χ2n) is 5.16. The number of fused-ring (bicyclic) bond motifs is 1. The smallest absolute Gasteiger partial charge is 0.103 e. The molecular formula is C16H17N3. The Kier molecular flexibility index (Phi) is 3.33. The predicted octanol–water partition coefficient (Wildman–Crippen LogP) is 3.85. The Bertz CT molecular complexity index is 621. The molecule has 1 aromatic carbocycles. The van der Waals surface area contributed by atoms with Gasteiger partial charge in [0.25, 0.3) is 0 Å². The van der Waals surface area contributed by atoms with Crippen molar-refractivity contribution >= 4 is 16.6 Å². The van der Waals surface area contributed by atoms with Gasteiger partial charge in [-0.1, -0.05) is 37.5 Å². The summed E-state index contributed by atoms with van der Waals surface area (Å²) in [7, 11) is 0. The zero-order chi connectivity index (χ0) is 13.1. The normalized spacial score (nSPS) is 16.2. The van der Waals surface area contributed by atoms with Gasteiger partial charge in [-0.25, -0.2) is 0 Å². The fourth-order valence-corrected chi connectivity index (χ4v) is 2.83. The van der Waals surface area contributed by atoms with Gasteiger partial charge in [-0.05, 0) is 18.9 Å². The number of aromatic nitrogens is 1. The van der Waals surface area contributed by atoms with Crippen LogP contribution >= 0.6 is 0 Å². The number of benzene rings is 1. The molecule has 0 amide bonds. The largest absolute Gasteiger partial charge is 0.381 e. The minimum absolute atomic E-state index is 0.492. The molecule has 19 heavy (non-hydrogen) atoms. The number of hydrogen-bond donors (Lipinski definition) is 1. The van der Waals surface area contributed by atoms with Crippen LogP contribution in [0.5, 0.6) is 0 Å². The first-order valence-corrected chi connectivity index (χ1v) is 6.93. The van der Waals surface area contributed by atoms with Gasteiger partial charge in [0, 0.05) is 17.6 Å². The zero-order valence-electron chi connectivity index (χ0n) is 10.9. The lowest BCUT2D eigenvalue weighted by Gasteiger charge is -2.25. The van der Waals surface area contributed by atoms with E-state index in [9.17, 15) is 5.26 Å². The minimum Gasteiger partial charge on any atom is -0.381 e. The zero-order valence-corrected chi connectivity index (χ0v) is 10.9. The van der Waals surface area contributed by atoms with Crippen molar-refractivity contribution in [2.24, 2.45) is 0 Å². The lowest BCUT2D eigenvalue weighted by atomic mass is 9.95. The van der Waals surface area contributed by atoms with Crippen LogP contribution in [0.1, 0.15) is 37.7 Å². The number of nitriles is 1. The Balaban J connectivity index is 2.02. The molecule has 1 aliphatic carbocycles. The third-order valence-corrected chi connectivity index (χ3v) is 3.85. The summed E-state index contributed by atoms with van der Waals surface area (Å²) in [5.41, 5.74) is 2.55. The second kappa shape index (κ2) is 5.27. The number of nitrogens with one attached hydrogen (secondary N) is 1. The second-order valence-corrected chi connectivity index (χ2v) is 5.16. The third-order valence-electron chi connectivity index (χ3n) is 3.85. The van der Waals surface area contributed by atoms with E-state index in [1.165, 1.54) is 32.1 Å². The summed E-state index contributed by atoms with van der Waals surface area (Å²) in [6.45, 7) is 0. The van der Waals surface area contributed by atoms with Crippen LogP contribution in [0.3, 0.4) is 0 Å². The third kappa shape index (κ3) is 2.39. The lowest BCUT2D eigenvalue weighted by Crippen LogP contribution is -2.23. The van der Waals surface area contributed by atoms with E-state index < -0.39 is 0 Å². The van der Waals surface area contributed by atoms with Crippen LogP contribution < -0.4 is 5.32 Å². The Morgan fingerprint density at radius 3 is 2.74 bits per heavy atom. The fourth-order valence-electron chi connectivity index (χ4n) is 2.83. The molecule has 1 N–H and O–H groups in total. The molecule has 1 aromatic heterocycles. The molecule has 0 atom stereocenters. The Hall–Kier alpha value is -2.08. The van der Waals surface area contributed by atoms with E-state index in [0.29, 0.717) is 11.6 Å². The van der Waals surface area contributed by atoms with Crippen molar-refractivity contribution in [3.63, 3.8) is 0 Å². The molecule has 1 saturated carbocycles. The van der Waals surface area contributed by atoms with Crippen LogP contribution in [0.25, 0.3) is 10.9 Å². The van der Waals surface area contributed by atoms with Crippen molar-refractivity contribution in [3.05, 3.63) is 36.0 Å². The molecular weight excluding hydrogens is 234 g/mol.